The zero-order valence-corrected chi connectivity index (χ0v) is 12.6. The van der Waals surface area contributed by atoms with E-state index in [0.29, 0.717) is 11.4 Å². The lowest BCUT2D eigenvalue weighted by atomic mass is 10.2. The second-order valence-electron chi connectivity index (χ2n) is 4.43. The van der Waals surface area contributed by atoms with E-state index >= 15 is 0 Å². The van der Waals surface area contributed by atoms with Gasteiger partial charge in [-0.05, 0) is 32.9 Å². The molecule has 0 radical (unpaired) electrons. The molecular formula is C14H18N4OS. The minimum atomic E-state index is -0.144. The van der Waals surface area contributed by atoms with Crippen LogP contribution >= 0.6 is 11.3 Å². The standard InChI is InChI=1S/C14H18N4OS/c1-4-15-12-11(6-5-7-16-12)13(19)18-10(3)14-17-8-9(2)20-14/h5-8,10H,4H2,1-3H3,(H,15,16)(H,18,19). The van der Waals surface area contributed by atoms with Crippen molar-refractivity contribution in [2.75, 3.05) is 11.9 Å². The number of rotatable bonds is 5. The van der Waals surface area contributed by atoms with E-state index in [9.17, 15) is 4.79 Å². The summed E-state index contributed by atoms with van der Waals surface area (Å²) >= 11 is 1.59. The molecule has 1 atom stereocenters. The molecule has 0 aliphatic heterocycles. The third kappa shape index (κ3) is 3.33. The van der Waals surface area contributed by atoms with E-state index in [1.807, 2.05) is 27.0 Å². The van der Waals surface area contributed by atoms with Crippen molar-refractivity contribution in [1.29, 1.82) is 0 Å². The molecule has 5 nitrogen and oxygen atoms in total. The molecule has 0 bridgehead atoms. The van der Waals surface area contributed by atoms with Crippen molar-refractivity contribution in [1.82, 2.24) is 15.3 Å². The lowest BCUT2D eigenvalue weighted by molar-refractivity contribution is 0.0940. The molecule has 0 saturated carbocycles. The van der Waals surface area contributed by atoms with Gasteiger partial charge < -0.3 is 10.6 Å². The van der Waals surface area contributed by atoms with Gasteiger partial charge in [-0.3, -0.25) is 4.79 Å². The number of carbonyl (C=O) groups is 1. The molecule has 1 amide bonds. The topological polar surface area (TPSA) is 66.9 Å². The molecule has 1 unspecified atom stereocenters. The van der Waals surface area contributed by atoms with E-state index in [1.165, 1.54) is 0 Å². The number of aryl methyl sites for hydroxylation is 1. The molecule has 0 aliphatic rings. The molecule has 2 N–H and O–H groups in total. The fourth-order valence-electron chi connectivity index (χ4n) is 1.81. The van der Waals surface area contributed by atoms with Crippen molar-refractivity contribution in [3.63, 3.8) is 0 Å². The first kappa shape index (κ1) is 14.5. The van der Waals surface area contributed by atoms with E-state index in [1.54, 1.807) is 29.7 Å². The van der Waals surface area contributed by atoms with Gasteiger partial charge in [0.25, 0.3) is 5.91 Å². The Balaban J connectivity index is 2.12. The molecule has 0 aliphatic carbocycles. The van der Waals surface area contributed by atoms with Crippen LogP contribution in [0.2, 0.25) is 0 Å². The Morgan fingerprint density at radius 3 is 2.90 bits per heavy atom. The van der Waals surface area contributed by atoms with E-state index in [2.05, 4.69) is 20.6 Å². The highest BCUT2D eigenvalue weighted by Gasteiger charge is 2.16. The van der Waals surface area contributed by atoms with Crippen molar-refractivity contribution < 1.29 is 4.79 Å². The van der Waals surface area contributed by atoms with Gasteiger partial charge in [0.15, 0.2) is 0 Å². The summed E-state index contributed by atoms with van der Waals surface area (Å²) in [5.41, 5.74) is 0.550. The molecule has 2 aromatic heterocycles. The highest BCUT2D eigenvalue weighted by atomic mass is 32.1. The summed E-state index contributed by atoms with van der Waals surface area (Å²) in [4.78, 5) is 21.9. The number of carbonyl (C=O) groups excluding carboxylic acids is 1. The molecular weight excluding hydrogens is 272 g/mol. The zero-order valence-electron chi connectivity index (χ0n) is 11.8. The maximum atomic E-state index is 12.3. The van der Waals surface area contributed by atoms with Crippen LogP contribution in [0.5, 0.6) is 0 Å². The second-order valence-corrected chi connectivity index (χ2v) is 5.70. The number of pyridine rings is 1. The maximum absolute atomic E-state index is 12.3. The fourth-order valence-corrected chi connectivity index (χ4v) is 2.58. The molecule has 0 fully saturated rings. The lowest BCUT2D eigenvalue weighted by Gasteiger charge is -2.13. The van der Waals surface area contributed by atoms with Gasteiger partial charge in [0.05, 0.1) is 11.6 Å². The van der Waals surface area contributed by atoms with Gasteiger partial charge in [-0.1, -0.05) is 0 Å². The van der Waals surface area contributed by atoms with Gasteiger partial charge in [0.2, 0.25) is 0 Å². The summed E-state index contributed by atoms with van der Waals surface area (Å²) in [5.74, 6) is 0.462. The van der Waals surface area contributed by atoms with Crippen molar-refractivity contribution in [3.05, 3.63) is 40.0 Å². The number of hydrogen-bond acceptors (Lipinski definition) is 5. The fraction of sp³-hybridized carbons (Fsp3) is 0.357. The highest BCUT2D eigenvalue weighted by molar-refractivity contribution is 7.11. The van der Waals surface area contributed by atoms with E-state index in [0.717, 1.165) is 16.4 Å². The van der Waals surface area contributed by atoms with Crippen molar-refractivity contribution >= 4 is 23.1 Å². The Labute approximate surface area is 122 Å². The van der Waals surface area contributed by atoms with Crippen molar-refractivity contribution in [2.45, 2.75) is 26.8 Å². The van der Waals surface area contributed by atoms with Crippen molar-refractivity contribution in [3.8, 4) is 0 Å². The molecule has 0 saturated heterocycles. The van der Waals surface area contributed by atoms with Crippen LogP contribution in [0.3, 0.4) is 0 Å². The van der Waals surface area contributed by atoms with Gasteiger partial charge >= 0.3 is 0 Å². The lowest BCUT2D eigenvalue weighted by Crippen LogP contribution is -2.27. The summed E-state index contributed by atoms with van der Waals surface area (Å²) < 4.78 is 0. The summed E-state index contributed by atoms with van der Waals surface area (Å²) in [5, 5.41) is 6.95. The first-order chi connectivity index (χ1) is 9.61. The van der Waals surface area contributed by atoms with Crippen molar-refractivity contribution in [2.24, 2.45) is 0 Å². The number of aromatic nitrogens is 2. The molecule has 2 rings (SSSR count). The Morgan fingerprint density at radius 1 is 1.45 bits per heavy atom. The largest absolute Gasteiger partial charge is 0.370 e. The highest BCUT2D eigenvalue weighted by Crippen LogP contribution is 2.20. The van der Waals surface area contributed by atoms with Gasteiger partial charge in [0.1, 0.15) is 10.8 Å². The third-order valence-electron chi connectivity index (χ3n) is 2.75. The van der Waals surface area contributed by atoms with Crippen LogP contribution in [0, 0.1) is 6.92 Å². The number of amides is 1. The number of nitrogens with zero attached hydrogens (tertiary/aromatic N) is 2. The minimum Gasteiger partial charge on any atom is -0.370 e. The van der Waals surface area contributed by atoms with Gasteiger partial charge in [-0.25, -0.2) is 9.97 Å². The van der Waals surface area contributed by atoms with E-state index < -0.39 is 0 Å². The number of nitrogens with one attached hydrogen (secondary N) is 2. The third-order valence-corrected chi connectivity index (χ3v) is 3.85. The Morgan fingerprint density at radius 2 is 2.25 bits per heavy atom. The Kier molecular flexibility index (Phi) is 4.68. The normalized spacial score (nSPS) is 11.9. The number of anilines is 1. The van der Waals surface area contributed by atoms with Crippen LogP contribution in [-0.2, 0) is 0 Å². The van der Waals surface area contributed by atoms with Crippen LogP contribution < -0.4 is 10.6 Å². The predicted octanol–water partition coefficient (Wildman–Crippen LogP) is 2.77. The maximum Gasteiger partial charge on any atom is 0.255 e. The van der Waals surface area contributed by atoms with Gasteiger partial charge in [0, 0.05) is 23.8 Å². The first-order valence-electron chi connectivity index (χ1n) is 6.54. The monoisotopic (exact) mass is 290 g/mol. The molecule has 106 valence electrons. The van der Waals surface area contributed by atoms with Crippen LogP contribution in [0.25, 0.3) is 0 Å². The minimum absolute atomic E-state index is 0.115. The summed E-state index contributed by atoms with van der Waals surface area (Å²) in [6.07, 6.45) is 3.49. The smallest absolute Gasteiger partial charge is 0.255 e. The SMILES string of the molecule is CCNc1ncccc1C(=O)NC(C)c1ncc(C)s1. The van der Waals surface area contributed by atoms with E-state index in [-0.39, 0.29) is 11.9 Å². The molecule has 6 heteroatoms. The number of hydrogen-bond donors (Lipinski definition) is 2. The first-order valence-corrected chi connectivity index (χ1v) is 7.35. The van der Waals surface area contributed by atoms with Crippen LogP contribution in [0.15, 0.2) is 24.5 Å². The molecule has 2 aromatic rings. The molecule has 2 heterocycles. The summed E-state index contributed by atoms with van der Waals surface area (Å²) in [6, 6.07) is 3.41. The zero-order chi connectivity index (χ0) is 14.5. The second kappa shape index (κ2) is 6.47. The molecule has 20 heavy (non-hydrogen) atoms. The van der Waals surface area contributed by atoms with Crippen LogP contribution in [0.4, 0.5) is 5.82 Å². The molecule has 0 aromatic carbocycles. The quantitative estimate of drug-likeness (QED) is 0.888. The molecule has 0 spiro atoms. The predicted molar refractivity (Wildman–Crippen MR) is 81.1 cm³/mol. The van der Waals surface area contributed by atoms with E-state index in [4.69, 9.17) is 0 Å². The van der Waals surface area contributed by atoms with Gasteiger partial charge in [-0.2, -0.15) is 0 Å². The van der Waals surface area contributed by atoms with Crippen LogP contribution in [0.1, 0.15) is 40.1 Å². The summed E-state index contributed by atoms with van der Waals surface area (Å²) in [7, 11) is 0. The number of thiazole rings is 1. The van der Waals surface area contributed by atoms with Gasteiger partial charge in [-0.15, -0.1) is 11.3 Å². The average molecular weight is 290 g/mol. The Hall–Kier alpha value is -1.95. The average Bonchev–Trinajstić information content (AvgIpc) is 2.86. The van der Waals surface area contributed by atoms with Crippen LogP contribution in [-0.4, -0.2) is 22.4 Å². The summed E-state index contributed by atoms with van der Waals surface area (Å²) in [6.45, 7) is 6.62. The Bertz CT molecular complexity index is 596.